The van der Waals surface area contributed by atoms with Gasteiger partial charge >= 0.3 is 0 Å². The smallest absolute Gasteiger partial charge is 0.122 e. The summed E-state index contributed by atoms with van der Waals surface area (Å²) in [6.07, 6.45) is -0.701. The van der Waals surface area contributed by atoms with Crippen LogP contribution in [0, 0.1) is 0 Å². The van der Waals surface area contributed by atoms with E-state index in [1.165, 1.54) is 0 Å². The molecule has 0 radical (unpaired) electrons. The maximum Gasteiger partial charge on any atom is 0.122 e. The Morgan fingerprint density at radius 2 is 1.56 bits per heavy atom. The second kappa shape index (κ2) is 6.07. The molecule has 0 amide bonds. The lowest BCUT2D eigenvalue weighted by Gasteiger charge is -2.22. The molecule has 0 aromatic heterocycles. The highest BCUT2D eigenvalue weighted by Gasteiger charge is 2.16. The third-order valence-corrected chi connectivity index (χ3v) is 2.43. The fraction of sp³-hybridized carbons (Fsp3) is 0.571. The molecule has 18 heavy (non-hydrogen) atoms. The molecule has 0 aliphatic carbocycles. The van der Waals surface area contributed by atoms with Crippen molar-refractivity contribution < 1.29 is 19.3 Å². The molecule has 1 aromatic rings. The van der Waals surface area contributed by atoms with Crippen molar-refractivity contribution in [2.45, 2.75) is 32.5 Å². The SMILES string of the molecule is COc1cc(OC)cc(C(O)COC(C)(C)C)c1. The summed E-state index contributed by atoms with van der Waals surface area (Å²) in [5.74, 6) is 1.30. The highest BCUT2D eigenvalue weighted by Crippen LogP contribution is 2.27. The van der Waals surface area contributed by atoms with Gasteiger partial charge in [0.05, 0.1) is 26.4 Å². The number of hydrogen-bond acceptors (Lipinski definition) is 4. The molecule has 1 aromatic carbocycles. The molecule has 0 bridgehead atoms. The molecule has 0 aliphatic rings. The van der Waals surface area contributed by atoms with E-state index in [2.05, 4.69) is 0 Å². The van der Waals surface area contributed by atoms with E-state index in [1.54, 1.807) is 32.4 Å². The Morgan fingerprint density at radius 1 is 1.06 bits per heavy atom. The Kier molecular flexibility index (Phi) is 4.99. The van der Waals surface area contributed by atoms with Crippen LogP contribution in [0.4, 0.5) is 0 Å². The van der Waals surface area contributed by atoms with Crippen LogP contribution in [-0.2, 0) is 4.74 Å². The minimum Gasteiger partial charge on any atom is -0.497 e. The summed E-state index contributed by atoms with van der Waals surface area (Å²) in [5.41, 5.74) is 0.444. The number of rotatable bonds is 5. The molecule has 1 unspecified atom stereocenters. The van der Waals surface area contributed by atoms with Gasteiger partial charge in [0.25, 0.3) is 0 Å². The van der Waals surface area contributed by atoms with Crippen molar-refractivity contribution in [2.24, 2.45) is 0 Å². The van der Waals surface area contributed by atoms with E-state index < -0.39 is 6.10 Å². The lowest BCUT2D eigenvalue weighted by atomic mass is 10.1. The molecule has 4 heteroatoms. The third-order valence-electron chi connectivity index (χ3n) is 2.43. The molecule has 0 heterocycles. The van der Waals surface area contributed by atoms with Crippen molar-refractivity contribution in [1.82, 2.24) is 0 Å². The number of ether oxygens (including phenoxy) is 3. The van der Waals surface area contributed by atoms with Crippen molar-refractivity contribution >= 4 is 0 Å². The second-order valence-electron chi connectivity index (χ2n) is 5.09. The van der Waals surface area contributed by atoms with Crippen molar-refractivity contribution in [3.63, 3.8) is 0 Å². The molecular formula is C14H22O4. The second-order valence-corrected chi connectivity index (χ2v) is 5.09. The van der Waals surface area contributed by atoms with Gasteiger partial charge in [-0.25, -0.2) is 0 Å². The average Bonchev–Trinajstić information content (AvgIpc) is 2.34. The number of aliphatic hydroxyl groups excluding tert-OH is 1. The quantitative estimate of drug-likeness (QED) is 0.877. The molecule has 0 saturated carbocycles. The van der Waals surface area contributed by atoms with Crippen LogP contribution in [0.25, 0.3) is 0 Å². The molecule has 1 N–H and O–H groups in total. The third kappa shape index (κ3) is 4.55. The topological polar surface area (TPSA) is 47.9 Å². The van der Waals surface area contributed by atoms with Crippen molar-refractivity contribution in [2.75, 3.05) is 20.8 Å². The van der Waals surface area contributed by atoms with Gasteiger partial charge in [0, 0.05) is 6.07 Å². The number of methoxy groups -OCH3 is 2. The van der Waals surface area contributed by atoms with E-state index in [9.17, 15) is 5.11 Å². The van der Waals surface area contributed by atoms with Gasteiger partial charge in [-0.2, -0.15) is 0 Å². The highest BCUT2D eigenvalue weighted by atomic mass is 16.5. The zero-order chi connectivity index (χ0) is 13.8. The molecule has 4 nitrogen and oxygen atoms in total. The summed E-state index contributed by atoms with van der Waals surface area (Å²) in [4.78, 5) is 0. The minimum absolute atomic E-state index is 0.236. The van der Waals surface area contributed by atoms with Crippen molar-refractivity contribution in [3.8, 4) is 11.5 Å². The van der Waals surface area contributed by atoms with Crippen molar-refractivity contribution in [3.05, 3.63) is 23.8 Å². The summed E-state index contributed by atoms with van der Waals surface area (Å²) in [6.45, 7) is 6.09. The molecule has 1 atom stereocenters. The van der Waals surface area contributed by atoms with E-state index in [-0.39, 0.29) is 12.2 Å². The number of benzene rings is 1. The van der Waals surface area contributed by atoms with E-state index in [1.807, 2.05) is 20.8 Å². The average molecular weight is 254 g/mol. The minimum atomic E-state index is -0.701. The van der Waals surface area contributed by atoms with Crippen LogP contribution in [-0.4, -0.2) is 31.5 Å². The molecule has 1 rings (SSSR count). The first-order valence-electron chi connectivity index (χ1n) is 5.90. The van der Waals surface area contributed by atoms with Gasteiger partial charge in [-0.3, -0.25) is 0 Å². The summed E-state index contributed by atoms with van der Waals surface area (Å²) < 4.78 is 15.9. The Bertz CT molecular complexity index is 360. The van der Waals surface area contributed by atoms with Gasteiger partial charge in [-0.15, -0.1) is 0 Å². The summed E-state index contributed by atoms with van der Waals surface area (Å²) >= 11 is 0. The summed E-state index contributed by atoms with van der Waals surface area (Å²) in [7, 11) is 3.16. The first-order chi connectivity index (χ1) is 8.35. The normalized spacial score (nSPS) is 13.2. The summed E-state index contributed by atoms with van der Waals surface area (Å²) in [6, 6.07) is 5.32. The molecule has 102 valence electrons. The van der Waals surface area contributed by atoms with Gasteiger partial charge < -0.3 is 19.3 Å². The molecule has 0 saturated heterocycles. The Hall–Kier alpha value is -1.26. The predicted molar refractivity (Wildman–Crippen MR) is 70.2 cm³/mol. The van der Waals surface area contributed by atoms with Crippen LogP contribution >= 0.6 is 0 Å². The van der Waals surface area contributed by atoms with Gasteiger partial charge in [-0.05, 0) is 38.5 Å². The first kappa shape index (κ1) is 14.8. The maximum absolute atomic E-state index is 10.1. The molecule has 0 aliphatic heterocycles. The highest BCUT2D eigenvalue weighted by molar-refractivity contribution is 5.39. The van der Waals surface area contributed by atoms with E-state index in [4.69, 9.17) is 14.2 Å². The summed E-state index contributed by atoms with van der Waals surface area (Å²) in [5, 5.41) is 10.1. The van der Waals surface area contributed by atoms with Crippen LogP contribution in [0.15, 0.2) is 18.2 Å². The van der Waals surface area contributed by atoms with E-state index in [0.717, 1.165) is 5.56 Å². The zero-order valence-corrected chi connectivity index (χ0v) is 11.7. The van der Waals surface area contributed by atoms with Crippen LogP contribution in [0.3, 0.4) is 0 Å². The van der Waals surface area contributed by atoms with E-state index in [0.29, 0.717) is 11.5 Å². The van der Waals surface area contributed by atoms with Crippen molar-refractivity contribution in [1.29, 1.82) is 0 Å². The maximum atomic E-state index is 10.1. The molecule has 0 fully saturated rings. The fourth-order valence-electron chi connectivity index (χ4n) is 1.45. The van der Waals surface area contributed by atoms with Crippen LogP contribution < -0.4 is 9.47 Å². The predicted octanol–water partition coefficient (Wildman–Crippen LogP) is 2.55. The van der Waals surface area contributed by atoms with Crippen LogP contribution in [0.1, 0.15) is 32.4 Å². The standard InChI is InChI=1S/C14H22O4/c1-14(2,3)18-9-13(15)10-6-11(16-4)8-12(7-10)17-5/h6-8,13,15H,9H2,1-5H3. The fourth-order valence-corrected chi connectivity index (χ4v) is 1.45. The van der Waals surface area contributed by atoms with Gasteiger partial charge in [-0.1, -0.05) is 0 Å². The zero-order valence-electron chi connectivity index (χ0n) is 11.7. The van der Waals surface area contributed by atoms with Gasteiger partial charge in [0.2, 0.25) is 0 Å². The monoisotopic (exact) mass is 254 g/mol. The Morgan fingerprint density at radius 3 is 1.94 bits per heavy atom. The van der Waals surface area contributed by atoms with Crippen LogP contribution in [0.5, 0.6) is 11.5 Å². The molecule has 0 spiro atoms. The Labute approximate surface area is 108 Å². The number of hydrogen-bond donors (Lipinski definition) is 1. The number of aliphatic hydroxyl groups is 1. The molecular weight excluding hydrogens is 232 g/mol. The van der Waals surface area contributed by atoms with Gasteiger partial charge in [0.1, 0.15) is 17.6 Å². The van der Waals surface area contributed by atoms with Gasteiger partial charge in [0.15, 0.2) is 0 Å². The lowest BCUT2D eigenvalue weighted by Crippen LogP contribution is -2.22. The first-order valence-corrected chi connectivity index (χ1v) is 5.90. The Balaban J connectivity index is 2.81. The van der Waals surface area contributed by atoms with Crippen LogP contribution in [0.2, 0.25) is 0 Å². The van der Waals surface area contributed by atoms with E-state index >= 15 is 0 Å². The lowest BCUT2D eigenvalue weighted by molar-refractivity contribution is -0.0496. The largest absolute Gasteiger partial charge is 0.497 e.